The number of anilines is 1. The van der Waals surface area contributed by atoms with Gasteiger partial charge in [-0.3, -0.25) is 4.79 Å². The number of fused-ring (bicyclic) bond motifs is 1. The van der Waals surface area contributed by atoms with Crippen molar-refractivity contribution in [3.05, 3.63) is 70.2 Å². The fourth-order valence-corrected chi connectivity index (χ4v) is 4.91. The fourth-order valence-electron chi connectivity index (χ4n) is 2.79. The molecule has 3 rings (SSSR count). The first-order valence-electron chi connectivity index (χ1n) is 8.82. The normalized spacial score (nSPS) is 11.5. The van der Waals surface area contributed by atoms with Crippen LogP contribution in [0.2, 0.25) is 5.02 Å². The quantitative estimate of drug-likeness (QED) is 0.289. The topological polar surface area (TPSA) is 29.5 Å². The van der Waals surface area contributed by atoms with Gasteiger partial charge in [-0.25, -0.2) is 0 Å². The highest BCUT2D eigenvalue weighted by Crippen LogP contribution is 2.36. The van der Waals surface area contributed by atoms with Gasteiger partial charge in [0, 0.05) is 19.8 Å². The van der Waals surface area contributed by atoms with Gasteiger partial charge in [-0.05, 0) is 62.4 Å². The lowest BCUT2D eigenvalue weighted by atomic mass is 10.1. The number of nitrogens with zero attached hydrogens (tertiary/aromatic N) is 1. The second-order valence-electron chi connectivity index (χ2n) is 7.32. The van der Waals surface area contributed by atoms with Gasteiger partial charge in [0.05, 0.1) is 5.69 Å². The predicted molar refractivity (Wildman–Crippen MR) is 122 cm³/mol. The number of rotatable bonds is 5. The molecule has 0 aliphatic heterocycles. The average Bonchev–Trinajstić information content (AvgIpc) is 2.58. The molecule has 6 heteroatoms. The van der Waals surface area contributed by atoms with Crippen LogP contribution in [0.1, 0.15) is 20.8 Å². The van der Waals surface area contributed by atoms with Crippen molar-refractivity contribution in [1.82, 2.24) is 0 Å². The lowest BCUT2D eigenvalue weighted by molar-refractivity contribution is -0.152. The largest absolute Gasteiger partial charge is 0.459 e. The molecule has 0 saturated heterocycles. The minimum atomic E-state index is -0.536. The molecule has 0 bridgehead atoms. The fraction of sp³-hybridized carbons (Fsp3) is 0.227. The molecule has 0 unspecified atom stereocenters. The highest BCUT2D eigenvalue weighted by atomic mass is 79.9. The Kier molecular flexibility index (Phi) is 6.58. The van der Waals surface area contributed by atoms with Gasteiger partial charge in [0.2, 0.25) is 0 Å². The second kappa shape index (κ2) is 8.76. The molecule has 3 aromatic rings. The van der Waals surface area contributed by atoms with E-state index in [1.165, 1.54) is 11.9 Å². The number of carbonyl (C=O) groups excluding carboxylic acids is 1. The molecule has 0 heterocycles. The van der Waals surface area contributed by atoms with Crippen LogP contribution < -0.4 is 4.31 Å². The number of carbonyl (C=O) groups is 1. The van der Waals surface area contributed by atoms with Crippen LogP contribution in [0.5, 0.6) is 0 Å². The molecule has 146 valence electrons. The molecule has 0 saturated carbocycles. The molecule has 0 aromatic heterocycles. The van der Waals surface area contributed by atoms with Crippen LogP contribution in [0.25, 0.3) is 10.8 Å². The van der Waals surface area contributed by atoms with Crippen LogP contribution >= 0.6 is 39.5 Å². The molecule has 0 atom stereocenters. The summed E-state index contributed by atoms with van der Waals surface area (Å²) in [6, 6.07) is 19.9. The van der Waals surface area contributed by atoms with Gasteiger partial charge >= 0.3 is 5.97 Å². The summed E-state index contributed by atoms with van der Waals surface area (Å²) in [6.45, 7) is 5.72. The SMILES string of the molecule is CC(C)(C)OC(=O)CN(Sc1cc(Cl)cc(Br)c1)c1cccc2ccccc12. The van der Waals surface area contributed by atoms with Crippen LogP contribution in [0.15, 0.2) is 70.0 Å². The number of ether oxygens (including phenoxy) is 1. The van der Waals surface area contributed by atoms with Crippen LogP contribution in [-0.4, -0.2) is 18.1 Å². The van der Waals surface area contributed by atoms with Crippen molar-refractivity contribution in [1.29, 1.82) is 0 Å². The molecule has 0 spiro atoms. The highest BCUT2D eigenvalue weighted by Gasteiger charge is 2.21. The Morgan fingerprint density at radius 3 is 2.54 bits per heavy atom. The maximum atomic E-state index is 12.6. The van der Waals surface area contributed by atoms with Gasteiger partial charge in [0.25, 0.3) is 0 Å². The monoisotopic (exact) mass is 477 g/mol. The zero-order valence-electron chi connectivity index (χ0n) is 15.9. The van der Waals surface area contributed by atoms with Crippen molar-refractivity contribution in [2.75, 3.05) is 10.8 Å². The summed E-state index contributed by atoms with van der Waals surface area (Å²) in [5.74, 6) is -0.283. The molecule has 0 amide bonds. The maximum Gasteiger partial charge on any atom is 0.327 e. The van der Waals surface area contributed by atoms with E-state index in [0.717, 1.165) is 25.8 Å². The van der Waals surface area contributed by atoms with Crippen molar-refractivity contribution in [2.24, 2.45) is 0 Å². The van der Waals surface area contributed by atoms with E-state index in [9.17, 15) is 4.79 Å². The zero-order valence-corrected chi connectivity index (χ0v) is 19.1. The number of hydrogen-bond acceptors (Lipinski definition) is 4. The summed E-state index contributed by atoms with van der Waals surface area (Å²) in [4.78, 5) is 13.5. The predicted octanol–water partition coefficient (Wildman–Crippen LogP) is 7.11. The van der Waals surface area contributed by atoms with Crippen molar-refractivity contribution in [3.63, 3.8) is 0 Å². The Morgan fingerprint density at radius 2 is 1.82 bits per heavy atom. The molecule has 0 fully saturated rings. The third kappa shape index (κ3) is 5.66. The lowest BCUT2D eigenvalue weighted by Crippen LogP contribution is -2.31. The second-order valence-corrected chi connectivity index (χ2v) is 9.76. The van der Waals surface area contributed by atoms with Crippen LogP contribution in [0.4, 0.5) is 5.69 Å². The first-order valence-corrected chi connectivity index (χ1v) is 10.8. The third-order valence-electron chi connectivity index (χ3n) is 3.78. The molecule has 3 aromatic carbocycles. The molecule has 3 nitrogen and oxygen atoms in total. The summed E-state index contributed by atoms with van der Waals surface area (Å²) in [7, 11) is 0. The Labute approximate surface area is 183 Å². The maximum absolute atomic E-state index is 12.6. The van der Waals surface area contributed by atoms with Crippen LogP contribution in [0, 0.1) is 0 Å². The molecule has 0 N–H and O–H groups in total. The summed E-state index contributed by atoms with van der Waals surface area (Å²) in [5, 5.41) is 2.82. The van der Waals surface area contributed by atoms with E-state index < -0.39 is 5.60 Å². The van der Waals surface area contributed by atoms with E-state index in [1.807, 2.05) is 67.5 Å². The van der Waals surface area contributed by atoms with Crippen molar-refractivity contribution < 1.29 is 9.53 Å². The average molecular weight is 479 g/mol. The Bertz CT molecular complexity index is 978. The van der Waals surface area contributed by atoms with Gasteiger partial charge in [0.1, 0.15) is 12.1 Å². The first-order chi connectivity index (χ1) is 13.2. The van der Waals surface area contributed by atoms with E-state index in [4.69, 9.17) is 16.3 Å². The van der Waals surface area contributed by atoms with E-state index >= 15 is 0 Å². The van der Waals surface area contributed by atoms with Gasteiger partial charge < -0.3 is 9.04 Å². The zero-order chi connectivity index (χ0) is 20.3. The van der Waals surface area contributed by atoms with E-state index in [0.29, 0.717) is 5.02 Å². The van der Waals surface area contributed by atoms with Gasteiger partial charge in [-0.2, -0.15) is 0 Å². The van der Waals surface area contributed by atoms with Crippen LogP contribution in [0.3, 0.4) is 0 Å². The molecule has 0 radical (unpaired) electrons. The first kappa shape index (κ1) is 21.0. The standard InChI is InChI=1S/C22H21BrClNO2S/c1-22(2,3)27-21(26)14-25(28-18-12-16(23)11-17(24)13-18)20-10-6-8-15-7-4-5-9-19(15)20/h4-13H,14H2,1-3H3. The Morgan fingerprint density at radius 1 is 1.11 bits per heavy atom. The van der Waals surface area contributed by atoms with Gasteiger partial charge in [-0.15, -0.1) is 0 Å². The summed E-state index contributed by atoms with van der Waals surface area (Å²) >= 11 is 11.2. The summed E-state index contributed by atoms with van der Waals surface area (Å²) < 4.78 is 8.40. The van der Waals surface area contributed by atoms with Crippen molar-refractivity contribution in [2.45, 2.75) is 31.3 Å². The van der Waals surface area contributed by atoms with Gasteiger partial charge in [-0.1, -0.05) is 63.9 Å². The number of hydrogen-bond donors (Lipinski definition) is 0. The number of halogens is 2. The smallest absolute Gasteiger partial charge is 0.327 e. The van der Waals surface area contributed by atoms with E-state index in [-0.39, 0.29) is 12.5 Å². The number of esters is 1. The lowest BCUT2D eigenvalue weighted by Gasteiger charge is -2.26. The van der Waals surface area contributed by atoms with Crippen molar-refractivity contribution in [3.8, 4) is 0 Å². The highest BCUT2D eigenvalue weighted by molar-refractivity contribution is 9.10. The van der Waals surface area contributed by atoms with Crippen molar-refractivity contribution >= 4 is 61.9 Å². The Balaban J connectivity index is 1.99. The minimum Gasteiger partial charge on any atom is -0.459 e. The summed E-state index contributed by atoms with van der Waals surface area (Å²) in [6.07, 6.45) is 0. The molecular weight excluding hydrogens is 458 g/mol. The number of benzene rings is 3. The molecule has 0 aliphatic carbocycles. The van der Waals surface area contributed by atoms with E-state index in [1.54, 1.807) is 0 Å². The Hall–Kier alpha value is -1.69. The van der Waals surface area contributed by atoms with Gasteiger partial charge in [0.15, 0.2) is 0 Å². The molecule has 28 heavy (non-hydrogen) atoms. The summed E-state index contributed by atoms with van der Waals surface area (Å²) in [5.41, 5.74) is 0.413. The van der Waals surface area contributed by atoms with E-state index in [2.05, 4.69) is 34.1 Å². The molecular formula is C22H21BrClNO2S. The van der Waals surface area contributed by atoms with Crippen LogP contribution in [-0.2, 0) is 9.53 Å². The third-order valence-corrected chi connectivity index (χ3v) is 5.45. The molecule has 0 aliphatic rings. The minimum absolute atomic E-state index is 0.111.